The van der Waals surface area contributed by atoms with Gasteiger partial charge in [0.1, 0.15) is 0 Å². The van der Waals surface area contributed by atoms with Gasteiger partial charge in [-0.15, -0.1) is 0 Å². The fraction of sp³-hybridized carbons (Fsp3) is 0.407. The van der Waals surface area contributed by atoms with E-state index in [9.17, 15) is 10.1 Å². The first kappa shape index (κ1) is 23.5. The molecule has 4 heterocycles. The third-order valence-electron chi connectivity index (χ3n) is 6.93. The number of thiazole rings is 1. The maximum atomic E-state index is 13.1. The summed E-state index contributed by atoms with van der Waals surface area (Å²) in [5.41, 5.74) is 5.39. The zero-order chi connectivity index (χ0) is 24.4. The van der Waals surface area contributed by atoms with Crippen molar-refractivity contribution in [1.29, 1.82) is 5.26 Å². The Morgan fingerprint density at radius 3 is 2.66 bits per heavy atom. The number of nitrogens with zero attached hydrogens (tertiary/aromatic N) is 4. The maximum Gasteiger partial charge on any atom is 0.323 e. The molecule has 0 bridgehead atoms. The van der Waals surface area contributed by atoms with Crippen LogP contribution in [0, 0.1) is 16.7 Å². The molecule has 1 unspecified atom stereocenters. The molecular formula is C27H29N5O2S. The third-order valence-corrected chi connectivity index (χ3v) is 7.95. The van der Waals surface area contributed by atoms with Crippen LogP contribution in [0.15, 0.2) is 36.4 Å². The normalized spacial score (nSPS) is 19.3. The standard InChI is InChI=1S/C27H29N5O2S/c1-3-21-13-20(14-22(4-2)29-21)24-23(19-7-5-6-18(12-19)15-28)30-25(35-24)31-26(33)32-10-8-27(16-32)9-11-34-17-27/h5-7,12-14H,3-4,8-11,16-17H2,1-2H3,(H,30,31,33). The van der Waals surface area contributed by atoms with Crippen LogP contribution in [0.5, 0.6) is 0 Å². The number of pyridine rings is 1. The molecule has 1 atom stereocenters. The summed E-state index contributed by atoms with van der Waals surface area (Å²) in [5.74, 6) is 0. The van der Waals surface area contributed by atoms with E-state index >= 15 is 0 Å². The van der Waals surface area contributed by atoms with Gasteiger partial charge >= 0.3 is 6.03 Å². The number of rotatable bonds is 5. The van der Waals surface area contributed by atoms with E-state index < -0.39 is 0 Å². The number of aryl methyl sites for hydroxylation is 2. The summed E-state index contributed by atoms with van der Waals surface area (Å²) in [6.07, 6.45) is 3.66. The first-order valence-electron chi connectivity index (χ1n) is 12.2. The molecule has 1 N–H and O–H groups in total. The maximum absolute atomic E-state index is 13.1. The molecule has 35 heavy (non-hydrogen) atoms. The van der Waals surface area contributed by atoms with E-state index in [1.165, 1.54) is 11.3 Å². The Kier molecular flexibility index (Phi) is 6.54. The number of nitriles is 1. The molecule has 2 aliphatic rings. The van der Waals surface area contributed by atoms with Gasteiger partial charge < -0.3 is 9.64 Å². The van der Waals surface area contributed by atoms with Crippen molar-refractivity contribution in [2.75, 3.05) is 31.6 Å². The van der Waals surface area contributed by atoms with Crippen LogP contribution in [0.3, 0.4) is 0 Å². The molecule has 1 spiro atoms. The quantitative estimate of drug-likeness (QED) is 0.512. The van der Waals surface area contributed by atoms with Crippen LogP contribution in [0.1, 0.15) is 43.6 Å². The number of carbonyl (C=O) groups is 1. The highest BCUT2D eigenvalue weighted by molar-refractivity contribution is 7.19. The van der Waals surface area contributed by atoms with Crippen molar-refractivity contribution < 1.29 is 9.53 Å². The van der Waals surface area contributed by atoms with Crippen LogP contribution < -0.4 is 5.32 Å². The highest BCUT2D eigenvalue weighted by Gasteiger charge is 2.43. The number of urea groups is 1. The Balaban J connectivity index is 1.49. The first-order chi connectivity index (χ1) is 17.0. The first-order valence-corrected chi connectivity index (χ1v) is 13.0. The molecule has 1 aromatic carbocycles. The molecular weight excluding hydrogens is 458 g/mol. The Hall–Kier alpha value is -3.28. The Labute approximate surface area is 209 Å². The second kappa shape index (κ2) is 9.76. The Morgan fingerprint density at radius 1 is 1.17 bits per heavy atom. The van der Waals surface area contributed by atoms with E-state index in [0.29, 0.717) is 10.7 Å². The molecule has 2 saturated heterocycles. The SMILES string of the molecule is CCc1cc(-c2sc(NC(=O)N3CCC4(CCOC4)C3)nc2-c2cccc(C#N)c2)cc(CC)n1. The van der Waals surface area contributed by atoms with Crippen molar-refractivity contribution in [3.63, 3.8) is 0 Å². The van der Waals surface area contributed by atoms with E-state index in [-0.39, 0.29) is 11.4 Å². The van der Waals surface area contributed by atoms with E-state index in [4.69, 9.17) is 14.7 Å². The lowest BCUT2D eigenvalue weighted by molar-refractivity contribution is 0.154. The van der Waals surface area contributed by atoms with Gasteiger partial charge in [-0.2, -0.15) is 5.26 Å². The predicted octanol–water partition coefficient (Wildman–Crippen LogP) is 5.51. The van der Waals surface area contributed by atoms with Crippen LogP contribution >= 0.6 is 11.3 Å². The molecule has 0 saturated carbocycles. The lowest BCUT2D eigenvalue weighted by atomic mass is 9.87. The molecule has 2 aromatic heterocycles. The van der Waals surface area contributed by atoms with Crippen molar-refractivity contribution in [3.05, 3.63) is 53.3 Å². The minimum atomic E-state index is -0.121. The minimum Gasteiger partial charge on any atom is -0.381 e. The monoisotopic (exact) mass is 487 g/mol. The number of benzene rings is 1. The molecule has 5 rings (SSSR count). The van der Waals surface area contributed by atoms with Crippen molar-refractivity contribution in [3.8, 4) is 27.8 Å². The van der Waals surface area contributed by atoms with Gasteiger partial charge in [0.05, 0.1) is 28.8 Å². The summed E-state index contributed by atoms with van der Waals surface area (Å²) < 4.78 is 5.61. The Bertz CT molecular complexity index is 1270. The molecule has 2 amide bonds. The molecule has 8 heteroatoms. The number of carbonyl (C=O) groups excluding carboxylic acids is 1. The van der Waals surface area contributed by atoms with Crippen molar-refractivity contribution in [2.24, 2.45) is 5.41 Å². The average molecular weight is 488 g/mol. The van der Waals surface area contributed by atoms with Crippen LogP contribution in [0.4, 0.5) is 9.93 Å². The largest absolute Gasteiger partial charge is 0.381 e. The number of nitrogens with one attached hydrogen (secondary N) is 1. The number of anilines is 1. The summed E-state index contributed by atoms with van der Waals surface area (Å²) in [5, 5.41) is 13.0. The van der Waals surface area contributed by atoms with Crippen molar-refractivity contribution in [1.82, 2.24) is 14.9 Å². The van der Waals surface area contributed by atoms with Gasteiger partial charge in [-0.05, 0) is 55.5 Å². The molecule has 3 aromatic rings. The molecule has 0 aliphatic carbocycles. The highest BCUT2D eigenvalue weighted by atomic mass is 32.1. The third kappa shape index (κ3) is 4.79. The summed E-state index contributed by atoms with van der Waals surface area (Å²) in [7, 11) is 0. The second-order valence-corrected chi connectivity index (χ2v) is 10.3. The molecule has 0 radical (unpaired) electrons. The van der Waals surface area contributed by atoms with Gasteiger partial charge in [0.15, 0.2) is 5.13 Å². The summed E-state index contributed by atoms with van der Waals surface area (Å²) in [6, 6.07) is 13.7. The van der Waals surface area contributed by atoms with E-state index in [1.807, 2.05) is 23.1 Å². The predicted molar refractivity (Wildman–Crippen MR) is 137 cm³/mol. The van der Waals surface area contributed by atoms with E-state index in [0.717, 1.165) is 85.1 Å². The van der Waals surface area contributed by atoms with Gasteiger partial charge in [0.2, 0.25) is 0 Å². The molecule has 7 nitrogen and oxygen atoms in total. The summed E-state index contributed by atoms with van der Waals surface area (Å²) >= 11 is 1.47. The summed E-state index contributed by atoms with van der Waals surface area (Å²) in [4.78, 5) is 25.5. The number of amides is 2. The number of hydrogen-bond acceptors (Lipinski definition) is 6. The highest BCUT2D eigenvalue weighted by Crippen LogP contribution is 2.41. The second-order valence-electron chi connectivity index (χ2n) is 9.34. The number of ether oxygens (including phenoxy) is 1. The van der Waals surface area contributed by atoms with Crippen LogP contribution in [-0.2, 0) is 17.6 Å². The van der Waals surface area contributed by atoms with Gasteiger partial charge in [-0.25, -0.2) is 9.78 Å². The molecule has 2 fully saturated rings. The van der Waals surface area contributed by atoms with E-state index in [1.54, 1.807) is 6.07 Å². The average Bonchev–Trinajstić information content (AvgIpc) is 3.64. The smallest absolute Gasteiger partial charge is 0.323 e. The topological polar surface area (TPSA) is 91.1 Å². The zero-order valence-electron chi connectivity index (χ0n) is 20.1. The van der Waals surface area contributed by atoms with Crippen molar-refractivity contribution >= 4 is 22.5 Å². The van der Waals surface area contributed by atoms with Crippen LogP contribution in [-0.4, -0.2) is 47.2 Å². The number of hydrogen-bond donors (Lipinski definition) is 1. The van der Waals surface area contributed by atoms with Gasteiger partial charge in [-0.1, -0.05) is 37.3 Å². The van der Waals surface area contributed by atoms with Crippen molar-refractivity contribution in [2.45, 2.75) is 39.5 Å². The lowest BCUT2D eigenvalue weighted by Gasteiger charge is -2.21. The van der Waals surface area contributed by atoms with E-state index in [2.05, 4.69) is 37.4 Å². The zero-order valence-corrected chi connectivity index (χ0v) is 21.0. The van der Waals surface area contributed by atoms with Gasteiger partial charge in [0.25, 0.3) is 0 Å². The van der Waals surface area contributed by atoms with Crippen LogP contribution in [0.25, 0.3) is 21.7 Å². The Morgan fingerprint density at radius 2 is 1.97 bits per heavy atom. The minimum absolute atomic E-state index is 0.110. The van der Waals surface area contributed by atoms with Gasteiger partial charge in [-0.3, -0.25) is 10.3 Å². The fourth-order valence-electron chi connectivity index (χ4n) is 4.89. The molecule has 2 aliphatic heterocycles. The number of likely N-dealkylation sites (tertiary alicyclic amines) is 1. The van der Waals surface area contributed by atoms with Crippen LogP contribution in [0.2, 0.25) is 0 Å². The number of aromatic nitrogens is 2. The van der Waals surface area contributed by atoms with Gasteiger partial charge in [0, 0.05) is 42.1 Å². The summed E-state index contributed by atoms with van der Waals surface area (Å²) in [6.45, 7) is 7.16. The fourth-order valence-corrected chi connectivity index (χ4v) is 5.86. The lowest BCUT2D eigenvalue weighted by Crippen LogP contribution is -2.35. The molecule has 180 valence electrons.